The smallest absolute Gasteiger partial charge is 0.349 e. The van der Waals surface area contributed by atoms with E-state index >= 15 is 0 Å². The van der Waals surface area contributed by atoms with Crippen molar-refractivity contribution >= 4 is 23.5 Å². The molecule has 0 amide bonds. The molecule has 4 fully saturated rings. The zero-order valence-electron chi connectivity index (χ0n) is 17.2. The van der Waals surface area contributed by atoms with Crippen LogP contribution in [0.15, 0.2) is 29.8 Å². The molecule has 152 valence electrons. The molecule has 0 atom stereocenters. The van der Waals surface area contributed by atoms with Crippen molar-refractivity contribution in [2.45, 2.75) is 38.5 Å². The number of ether oxygens (including phenoxy) is 1. The third-order valence-electron chi connectivity index (χ3n) is 7.02. The van der Waals surface area contributed by atoms with E-state index in [1.807, 2.05) is 49.3 Å². The topological polar surface area (TPSA) is 70.4 Å². The van der Waals surface area contributed by atoms with Crippen molar-refractivity contribution in [1.29, 1.82) is 5.26 Å². The van der Waals surface area contributed by atoms with E-state index in [2.05, 4.69) is 0 Å². The zero-order chi connectivity index (χ0) is 20.6. The van der Waals surface area contributed by atoms with E-state index in [9.17, 15) is 14.9 Å². The quantitative estimate of drug-likeness (QED) is 0.416. The Kier molecular flexibility index (Phi) is 5.21. The number of esters is 1. The Morgan fingerprint density at radius 1 is 1.10 bits per heavy atom. The summed E-state index contributed by atoms with van der Waals surface area (Å²) in [5.74, 6) is 1.33. The fourth-order valence-electron chi connectivity index (χ4n) is 5.99. The van der Waals surface area contributed by atoms with Gasteiger partial charge in [-0.1, -0.05) is 12.1 Å². The summed E-state index contributed by atoms with van der Waals surface area (Å²) in [6.07, 6.45) is 8.16. The minimum absolute atomic E-state index is 0.0533. The summed E-state index contributed by atoms with van der Waals surface area (Å²) < 4.78 is 5.29. The van der Waals surface area contributed by atoms with Crippen LogP contribution in [-0.4, -0.2) is 32.5 Å². The fraction of sp³-hybridized carbons (Fsp3) is 0.542. The number of rotatable bonds is 6. The molecule has 0 unspecified atom stereocenters. The molecule has 4 aliphatic carbocycles. The SMILES string of the molecule is CN(C)c1ccc(/C=C(\C#N)C(=O)OCC(=O)C23CC4CC(CC(C4)C2)C3)cc1. The number of ketones is 1. The number of carbonyl (C=O) groups is 2. The Morgan fingerprint density at radius 3 is 2.14 bits per heavy atom. The summed E-state index contributed by atoms with van der Waals surface area (Å²) in [5.41, 5.74) is 1.41. The third kappa shape index (κ3) is 3.94. The number of hydrogen-bond acceptors (Lipinski definition) is 5. The number of anilines is 1. The lowest BCUT2D eigenvalue weighted by molar-refractivity contribution is -0.155. The lowest BCUT2D eigenvalue weighted by Crippen LogP contribution is -2.51. The van der Waals surface area contributed by atoms with E-state index in [-0.39, 0.29) is 23.4 Å². The number of carbonyl (C=O) groups excluding carboxylic acids is 2. The lowest BCUT2D eigenvalue weighted by Gasteiger charge is -2.55. The molecule has 0 radical (unpaired) electrons. The molecule has 29 heavy (non-hydrogen) atoms. The first-order valence-corrected chi connectivity index (χ1v) is 10.5. The van der Waals surface area contributed by atoms with Gasteiger partial charge in [-0.25, -0.2) is 4.79 Å². The van der Waals surface area contributed by atoms with E-state index < -0.39 is 5.97 Å². The van der Waals surface area contributed by atoms with Gasteiger partial charge in [-0.15, -0.1) is 0 Å². The van der Waals surface area contributed by atoms with Gasteiger partial charge in [0.15, 0.2) is 12.4 Å². The van der Waals surface area contributed by atoms with Crippen LogP contribution in [0.2, 0.25) is 0 Å². The van der Waals surface area contributed by atoms with Gasteiger partial charge in [-0.05, 0) is 80.1 Å². The van der Waals surface area contributed by atoms with Gasteiger partial charge in [0.2, 0.25) is 0 Å². The summed E-state index contributed by atoms with van der Waals surface area (Å²) >= 11 is 0. The summed E-state index contributed by atoms with van der Waals surface area (Å²) in [4.78, 5) is 27.4. The number of nitriles is 1. The standard InChI is InChI=1S/C24H28N2O3/c1-26(2)21-5-3-16(4-6-21)10-20(14-25)23(28)29-15-22(27)24-11-17-7-18(12-24)9-19(8-17)13-24/h3-6,10,17-19H,7-9,11-13,15H2,1-2H3/b20-10+. The molecule has 5 rings (SSSR count). The van der Waals surface area contributed by atoms with Crippen molar-refractivity contribution in [2.24, 2.45) is 23.2 Å². The Morgan fingerprint density at radius 2 is 1.66 bits per heavy atom. The van der Waals surface area contributed by atoms with Crippen LogP contribution in [-0.2, 0) is 14.3 Å². The molecule has 0 aliphatic heterocycles. The van der Waals surface area contributed by atoms with Crippen LogP contribution >= 0.6 is 0 Å². The Labute approximate surface area is 172 Å². The maximum Gasteiger partial charge on any atom is 0.349 e. The predicted octanol–water partition coefficient (Wildman–Crippen LogP) is 3.99. The van der Waals surface area contributed by atoms with Crippen molar-refractivity contribution < 1.29 is 14.3 Å². The van der Waals surface area contributed by atoms with E-state index in [4.69, 9.17) is 4.74 Å². The highest BCUT2D eigenvalue weighted by Gasteiger charge is 2.54. The van der Waals surface area contributed by atoms with Crippen LogP contribution in [0.25, 0.3) is 6.08 Å². The summed E-state index contributed by atoms with van der Waals surface area (Å²) in [6.45, 7) is -0.219. The van der Waals surface area contributed by atoms with Crippen LogP contribution < -0.4 is 4.90 Å². The molecule has 0 N–H and O–H groups in total. The zero-order valence-corrected chi connectivity index (χ0v) is 17.2. The van der Waals surface area contributed by atoms with Gasteiger partial charge < -0.3 is 9.64 Å². The molecule has 1 aromatic rings. The molecule has 4 saturated carbocycles. The predicted molar refractivity (Wildman–Crippen MR) is 111 cm³/mol. The summed E-state index contributed by atoms with van der Waals surface area (Å²) in [5, 5.41) is 9.38. The molecule has 4 aliphatic rings. The highest BCUT2D eigenvalue weighted by atomic mass is 16.5. The molecule has 5 nitrogen and oxygen atoms in total. The minimum Gasteiger partial charge on any atom is -0.454 e. The maximum absolute atomic E-state index is 13.0. The number of nitrogens with zero attached hydrogens (tertiary/aromatic N) is 2. The molecule has 4 bridgehead atoms. The van der Waals surface area contributed by atoms with Gasteiger partial charge in [0, 0.05) is 25.2 Å². The Balaban J connectivity index is 1.39. The average molecular weight is 392 g/mol. The Hall–Kier alpha value is -2.61. The number of hydrogen-bond donors (Lipinski definition) is 0. The van der Waals surface area contributed by atoms with Crippen LogP contribution in [0.1, 0.15) is 44.1 Å². The van der Waals surface area contributed by atoms with E-state index in [0.717, 1.165) is 30.5 Å². The molecule has 5 heteroatoms. The van der Waals surface area contributed by atoms with Crippen molar-refractivity contribution in [2.75, 3.05) is 25.6 Å². The first kappa shape index (κ1) is 19.7. The fourth-order valence-corrected chi connectivity index (χ4v) is 5.99. The molecule has 0 aromatic heterocycles. The van der Waals surface area contributed by atoms with E-state index in [0.29, 0.717) is 17.8 Å². The van der Waals surface area contributed by atoms with Gasteiger partial charge in [0.1, 0.15) is 11.6 Å². The van der Waals surface area contributed by atoms with Crippen LogP contribution in [0.4, 0.5) is 5.69 Å². The van der Waals surface area contributed by atoms with Gasteiger partial charge in [-0.3, -0.25) is 4.79 Å². The van der Waals surface area contributed by atoms with Gasteiger partial charge in [0.05, 0.1) is 0 Å². The summed E-state index contributed by atoms with van der Waals surface area (Å²) in [6, 6.07) is 9.45. The molecule has 0 heterocycles. The number of benzene rings is 1. The van der Waals surface area contributed by atoms with Crippen molar-refractivity contribution in [1.82, 2.24) is 0 Å². The second-order valence-electron chi connectivity index (χ2n) is 9.35. The Bertz CT molecular complexity index is 841. The molecular weight excluding hydrogens is 364 g/mol. The molecule has 0 saturated heterocycles. The average Bonchev–Trinajstić information content (AvgIpc) is 2.69. The second kappa shape index (κ2) is 7.67. The van der Waals surface area contributed by atoms with Gasteiger partial charge in [0.25, 0.3) is 0 Å². The summed E-state index contributed by atoms with van der Waals surface area (Å²) in [7, 11) is 3.90. The second-order valence-corrected chi connectivity index (χ2v) is 9.35. The van der Waals surface area contributed by atoms with Crippen LogP contribution in [0.5, 0.6) is 0 Å². The van der Waals surface area contributed by atoms with Gasteiger partial charge in [-0.2, -0.15) is 5.26 Å². The van der Waals surface area contributed by atoms with E-state index in [1.54, 1.807) is 0 Å². The molecular formula is C24H28N2O3. The largest absolute Gasteiger partial charge is 0.454 e. The lowest BCUT2D eigenvalue weighted by atomic mass is 9.48. The number of Topliss-reactive ketones (excluding diaryl/α,β-unsaturated/α-hetero) is 1. The van der Waals surface area contributed by atoms with Crippen LogP contribution in [0.3, 0.4) is 0 Å². The van der Waals surface area contributed by atoms with Crippen molar-refractivity contribution in [3.05, 3.63) is 35.4 Å². The monoisotopic (exact) mass is 392 g/mol. The maximum atomic E-state index is 13.0. The van der Waals surface area contributed by atoms with Crippen molar-refractivity contribution in [3.8, 4) is 6.07 Å². The molecule has 1 aromatic carbocycles. The highest BCUT2D eigenvalue weighted by Crippen LogP contribution is 2.60. The highest BCUT2D eigenvalue weighted by molar-refractivity contribution is 5.99. The minimum atomic E-state index is -0.720. The molecule has 0 spiro atoms. The normalized spacial score (nSPS) is 30.0. The van der Waals surface area contributed by atoms with E-state index in [1.165, 1.54) is 25.3 Å². The van der Waals surface area contributed by atoms with Crippen LogP contribution in [0, 0.1) is 34.5 Å². The third-order valence-corrected chi connectivity index (χ3v) is 7.02. The first-order valence-electron chi connectivity index (χ1n) is 10.5. The first-order chi connectivity index (χ1) is 13.9. The van der Waals surface area contributed by atoms with Gasteiger partial charge >= 0.3 is 5.97 Å². The van der Waals surface area contributed by atoms with Crippen molar-refractivity contribution in [3.63, 3.8) is 0 Å².